The van der Waals surface area contributed by atoms with Gasteiger partial charge in [0.1, 0.15) is 0 Å². The van der Waals surface area contributed by atoms with E-state index in [1.165, 1.54) is 0 Å². The standard InChI is InChI=1S/C10H16ClN3OS/c1-2-14-10(7(11)5-13-14)9(12)8-6-16-4-3-15-8/h5,8-9H,2-4,6,12H2,1H3. The highest BCUT2D eigenvalue weighted by Gasteiger charge is 2.27. The highest BCUT2D eigenvalue weighted by Crippen LogP contribution is 2.28. The normalized spacial score (nSPS) is 23.3. The highest BCUT2D eigenvalue weighted by molar-refractivity contribution is 7.99. The summed E-state index contributed by atoms with van der Waals surface area (Å²) in [6.07, 6.45) is 1.69. The number of aryl methyl sites for hydroxylation is 1. The minimum atomic E-state index is -0.192. The van der Waals surface area contributed by atoms with Crippen LogP contribution in [0.2, 0.25) is 5.02 Å². The Kier molecular flexibility index (Phi) is 4.13. The van der Waals surface area contributed by atoms with Crippen molar-refractivity contribution in [3.8, 4) is 0 Å². The smallest absolute Gasteiger partial charge is 0.0873 e. The largest absolute Gasteiger partial charge is 0.374 e. The average Bonchev–Trinajstić information content (AvgIpc) is 2.70. The van der Waals surface area contributed by atoms with Crippen LogP contribution in [0.25, 0.3) is 0 Å². The van der Waals surface area contributed by atoms with Crippen LogP contribution in [0.5, 0.6) is 0 Å². The summed E-state index contributed by atoms with van der Waals surface area (Å²) in [7, 11) is 0. The fourth-order valence-corrected chi connectivity index (χ4v) is 3.03. The quantitative estimate of drug-likeness (QED) is 0.900. The maximum absolute atomic E-state index is 6.21. The van der Waals surface area contributed by atoms with Crippen LogP contribution < -0.4 is 5.73 Å². The molecule has 2 rings (SSSR count). The van der Waals surface area contributed by atoms with Gasteiger partial charge in [0.2, 0.25) is 0 Å². The van der Waals surface area contributed by atoms with Crippen molar-refractivity contribution in [1.29, 1.82) is 0 Å². The third-order valence-corrected chi connectivity index (χ3v) is 4.00. The topological polar surface area (TPSA) is 53.1 Å². The van der Waals surface area contributed by atoms with Crippen molar-refractivity contribution in [1.82, 2.24) is 9.78 Å². The van der Waals surface area contributed by atoms with Gasteiger partial charge in [-0.3, -0.25) is 4.68 Å². The van der Waals surface area contributed by atoms with E-state index in [0.717, 1.165) is 30.4 Å². The number of halogens is 1. The lowest BCUT2D eigenvalue weighted by Crippen LogP contribution is -2.36. The zero-order chi connectivity index (χ0) is 11.5. The lowest BCUT2D eigenvalue weighted by atomic mass is 10.1. The van der Waals surface area contributed by atoms with Crippen LogP contribution in [0.1, 0.15) is 18.7 Å². The first-order valence-corrected chi connectivity index (χ1v) is 6.93. The van der Waals surface area contributed by atoms with Crippen molar-refractivity contribution in [2.75, 3.05) is 18.1 Å². The molecule has 2 atom stereocenters. The van der Waals surface area contributed by atoms with Crippen molar-refractivity contribution in [2.24, 2.45) is 5.73 Å². The monoisotopic (exact) mass is 261 g/mol. The fourth-order valence-electron chi connectivity index (χ4n) is 1.84. The zero-order valence-electron chi connectivity index (χ0n) is 9.23. The summed E-state index contributed by atoms with van der Waals surface area (Å²) < 4.78 is 7.52. The van der Waals surface area contributed by atoms with Gasteiger partial charge >= 0.3 is 0 Å². The Morgan fingerprint density at radius 2 is 2.62 bits per heavy atom. The van der Waals surface area contributed by atoms with Gasteiger partial charge in [0.25, 0.3) is 0 Å². The van der Waals surface area contributed by atoms with E-state index >= 15 is 0 Å². The molecule has 2 heterocycles. The maximum Gasteiger partial charge on any atom is 0.0873 e. The highest BCUT2D eigenvalue weighted by atomic mass is 35.5. The van der Waals surface area contributed by atoms with Gasteiger partial charge in [-0.2, -0.15) is 16.9 Å². The van der Waals surface area contributed by atoms with Crippen LogP contribution in [0.4, 0.5) is 0 Å². The Labute approximate surface area is 104 Å². The predicted octanol–water partition coefficient (Wildman–Crippen LogP) is 1.69. The Bertz CT molecular complexity index is 352. The first kappa shape index (κ1) is 12.2. The number of hydrogen-bond donors (Lipinski definition) is 1. The van der Waals surface area contributed by atoms with Gasteiger partial charge in [0, 0.05) is 18.1 Å². The summed E-state index contributed by atoms with van der Waals surface area (Å²) in [6, 6.07) is -0.192. The second-order valence-corrected chi connectivity index (χ2v) is 5.26. The van der Waals surface area contributed by atoms with Crippen molar-refractivity contribution >= 4 is 23.4 Å². The summed E-state index contributed by atoms with van der Waals surface area (Å²) in [5, 5.41) is 4.83. The molecular formula is C10H16ClN3OS. The minimum absolute atomic E-state index is 0.0400. The number of rotatable bonds is 3. The number of nitrogens with two attached hydrogens (primary N) is 1. The third kappa shape index (κ3) is 2.37. The van der Waals surface area contributed by atoms with Gasteiger partial charge in [0.15, 0.2) is 0 Å². The molecule has 2 unspecified atom stereocenters. The Balaban J connectivity index is 2.18. The van der Waals surface area contributed by atoms with E-state index in [4.69, 9.17) is 22.1 Å². The molecule has 4 nitrogen and oxygen atoms in total. The van der Waals surface area contributed by atoms with Crippen LogP contribution in [-0.4, -0.2) is 34.0 Å². The van der Waals surface area contributed by atoms with Crippen molar-refractivity contribution in [2.45, 2.75) is 25.6 Å². The molecule has 0 aromatic carbocycles. The summed E-state index contributed by atoms with van der Waals surface area (Å²) >= 11 is 7.98. The predicted molar refractivity (Wildman–Crippen MR) is 66.9 cm³/mol. The molecule has 90 valence electrons. The van der Waals surface area contributed by atoms with Crippen LogP contribution in [0.15, 0.2) is 6.20 Å². The van der Waals surface area contributed by atoms with Crippen LogP contribution in [0.3, 0.4) is 0 Å². The second kappa shape index (κ2) is 5.40. The van der Waals surface area contributed by atoms with Crippen molar-refractivity contribution < 1.29 is 4.74 Å². The van der Waals surface area contributed by atoms with Gasteiger partial charge < -0.3 is 10.5 Å². The van der Waals surface area contributed by atoms with Crippen LogP contribution in [0, 0.1) is 0 Å². The molecule has 1 saturated heterocycles. The van der Waals surface area contributed by atoms with E-state index in [0.29, 0.717) is 5.02 Å². The molecule has 6 heteroatoms. The Morgan fingerprint density at radius 3 is 3.25 bits per heavy atom. The number of aromatic nitrogens is 2. The average molecular weight is 262 g/mol. The molecule has 1 fully saturated rings. The zero-order valence-corrected chi connectivity index (χ0v) is 10.8. The Morgan fingerprint density at radius 1 is 1.81 bits per heavy atom. The van der Waals surface area contributed by atoms with Crippen molar-refractivity contribution in [3.05, 3.63) is 16.9 Å². The molecular weight excluding hydrogens is 246 g/mol. The molecule has 0 saturated carbocycles. The molecule has 0 spiro atoms. The lowest BCUT2D eigenvalue weighted by Gasteiger charge is -2.28. The second-order valence-electron chi connectivity index (χ2n) is 3.70. The maximum atomic E-state index is 6.21. The number of ether oxygens (including phenoxy) is 1. The van der Waals surface area contributed by atoms with E-state index in [2.05, 4.69) is 5.10 Å². The number of hydrogen-bond acceptors (Lipinski definition) is 4. The summed E-state index contributed by atoms with van der Waals surface area (Å²) in [4.78, 5) is 0. The molecule has 1 aromatic rings. The molecule has 0 radical (unpaired) electrons. The number of thioether (sulfide) groups is 1. The molecule has 1 aliphatic heterocycles. The minimum Gasteiger partial charge on any atom is -0.374 e. The van der Waals surface area contributed by atoms with Crippen molar-refractivity contribution in [3.63, 3.8) is 0 Å². The molecule has 1 aliphatic rings. The van der Waals surface area contributed by atoms with E-state index in [1.54, 1.807) is 6.20 Å². The van der Waals surface area contributed by atoms with E-state index < -0.39 is 0 Å². The molecule has 0 aliphatic carbocycles. The Hall–Kier alpha value is -0.230. The SMILES string of the molecule is CCn1ncc(Cl)c1C(N)C1CSCCO1. The first-order valence-electron chi connectivity index (χ1n) is 5.40. The van der Waals surface area contributed by atoms with Gasteiger partial charge in [-0.05, 0) is 6.92 Å². The molecule has 0 bridgehead atoms. The lowest BCUT2D eigenvalue weighted by molar-refractivity contribution is 0.0549. The summed E-state index contributed by atoms with van der Waals surface area (Å²) in [5.74, 6) is 1.97. The van der Waals surface area contributed by atoms with E-state index in [9.17, 15) is 0 Å². The van der Waals surface area contributed by atoms with Gasteiger partial charge in [-0.1, -0.05) is 11.6 Å². The van der Waals surface area contributed by atoms with Crippen LogP contribution in [-0.2, 0) is 11.3 Å². The molecule has 0 amide bonds. The summed E-state index contributed by atoms with van der Waals surface area (Å²) in [6.45, 7) is 3.56. The summed E-state index contributed by atoms with van der Waals surface area (Å²) in [5.41, 5.74) is 7.09. The fraction of sp³-hybridized carbons (Fsp3) is 0.700. The third-order valence-electron chi connectivity index (χ3n) is 2.69. The first-order chi connectivity index (χ1) is 7.74. The molecule has 1 aromatic heterocycles. The van der Waals surface area contributed by atoms with E-state index in [1.807, 2.05) is 23.4 Å². The van der Waals surface area contributed by atoms with Crippen LogP contribution >= 0.6 is 23.4 Å². The van der Waals surface area contributed by atoms with Gasteiger partial charge in [-0.15, -0.1) is 0 Å². The molecule has 16 heavy (non-hydrogen) atoms. The number of nitrogens with zero attached hydrogens (tertiary/aromatic N) is 2. The molecule has 2 N–H and O–H groups in total. The van der Waals surface area contributed by atoms with E-state index in [-0.39, 0.29) is 12.1 Å². The van der Waals surface area contributed by atoms with Gasteiger partial charge in [0.05, 0.1) is 35.7 Å². The van der Waals surface area contributed by atoms with Gasteiger partial charge in [-0.25, -0.2) is 0 Å².